The average Bonchev–Trinajstić information content (AvgIpc) is 3.79. The minimum absolute atomic E-state index is 0.369. The predicted octanol–water partition coefficient (Wildman–Crippen LogP) is 13.7. The summed E-state index contributed by atoms with van der Waals surface area (Å²) in [5, 5.41) is 2.29. The van der Waals surface area contributed by atoms with Crippen LogP contribution in [0.4, 0.5) is 0 Å². The summed E-state index contributed by atoms with van der Waals surface area (Å²) in [6.07, 6.45) is 0. The first-order valence-electron chi connectivity index (χ1n) is 20.2. The van der Waals surface area contributed by atoms with Crippen molar-refractivity contribution in [1.82, 2.24) is 15.0 Å². The molecule has 1 spiro atoms. The molecular formula is C56H35N3. The summed E-state index contributed by atoms with van der Waals surface area (Å²) in [5.41, 5.74) is 17.8. The van der Waals surface area contributed by atoms with E-state index in [0.717, 1.165) is 38.6 Å². The molecule has 0 saturated carbocycles. The molecule has 0 unspecified atom stereocenters. The minimum Gasteiger partial charge on any atom is -0.208 e. The van der Waals surface area contributed by atoms with Gasteiger partial charge in [-0.25, -0.2) is 15.0 Å². The average molecular weight is 750 g/mol. The largest absolute Gasteiger partial charge is 0.208 e. The molecule has 9 aromatic carbocycles. The van der Waals surface area contributed by atoms with Crippen molar-refractivity contribution in [3.05, 3.63) is 235 Å². The molecule has 0 fully saturated rings. The maximum Gasteiger partial charge on any atom is 0.164 e. The molecule has 2 aliphatic carbocycles. The monoisotopic (exact) mass is 749 g/mol. The molecule has 274 valence electrons. The van der Waals surface area contributed by atoms with Gasteiger partial charge in [-0.2, -0.15) is 0 Å². The van der Waals surface area contributed by atoms with Gasteiger partial charge in [0.05, 0.1) is 5.41 Å². The molecule has 2 aliphatic rings. The molecule has 59 heavy (non-hydrogen) atoms. The Morgan fingerprint density at radius 2 is 0.678 bits per heavy atom. The summed E-state index contributed by atoms with van der Waals surface area (Å²) in [5.74, 6) is 1.94. The Morgan fingerprint density at radius 1 is 0.254 bits per heavy atom. The molecule has 0 radical (unpaired) electrons. The van der Waals surface area contributed by atoms with Crippen molar-refractivity contribution in [2.45, 2.75) is 5.41 Å². The van der Waals surface area contributed by atoms with E-state index in [1.807, 2.05) is 24.3 Å². The van der Waals surface area contributed by atoms with Crippen LogP contribution in [-0.4, -0.2) is 15.0 Å². The fourth-order valence-corrected chi connectivity index (χ4v) is 9.76. The van der Waals surface area contributed by atoms with E-state index >= 15 is 0 Å². The van der Waals surface area contributed by atoms with E-state index in [0.29, 0.717) is 17.5 Å². The van der Waals surface area contributed by atoms with E-state index in [9.17, 15) is 0 Å². The van der Waals surface area contributed by atoms with Crippen LogP contribution in [0, 0.1) is 0 Å². The quantitative estimate of drug-likeness (QED) is 0.176. The van der Waals surface area contributed by atoms with Crippen LogP contribution in [0.3, 0.4) is 0 Å². The molecule has 1 aromatic heterocycles. The summed E-state index contributed by atoms with van der Waals surface area (Å²) in [6.45, 7) is 0. The van der Waals surface area contributed by atoms with E-state index in [1.165, 1.54) is 55.6 Å². The predicted molar refractivity (Wildman–Crippen MR) is 241 cm³/mol. The molecule has 0 atom stereocenters. The summed E-state index contributed by atoms with van der Waals surface area (Å²) in [7, 11) is 0. The number of hydrogen-bond acceptors (Lipinski definition) is 3. The lowest BCUT2D eigenvalue weighted by Crippen LogP contribution is -2.25. The van der Waals surface area contributed by atoms with Gasteiger partial charge in [0.15, 0.2) is 17.5 Å². The van der Waals surface area contributed by atoms with Crippen LogP contribution >= 0.6 is 0 Å². The second-order valence-electron chi connectivity index (χ2n) is 15.5. The molecule has 10 aromatic rings. The lowest BCUT2D eigenvalue weighted by Gasteiger charge is -2.30. The number of hydrogen-bond donors (Lipinski definition) is 0. The third-order valence-electron chi connectivity index (χ3n) is 12.3. The third kappa shape index (κ3) is 5.11. The first kappa shape index (κ1) is 33.4. The van der Waals surface area contributed by atoms with Gasteiger partial charge in [-0.05, 0) is 95.7 Å². The van der Waals surface area contributed by atoms with Crippen molar-refractivity contribution < 1.29 is 0 Å². The maximum absolute atomic E-state index is 5.11. The van der Waals surface area contributed by atoms with Crippen molar-refractivity contribution in [1.29, 1.82) is 0 Å². The van der Waals surface area contributed by atoms with Crippen molar-refractivity contribution in [2.75, 3.05) is 0 Å². The van der Waals surface area contributed by atoms with E-state index in [-0.39, 0.29) is 5.41 Å². The van der Waals surface area contributed by atoms with Crippen molar-refractivity contribution in [3.63, 3.8) is 0 Å². The summed E-state index contributed by atoms with van der Waals surface area (Å²) >= 11 is 0. The molecule has 3 heteroatoms. The highest BCUT2D eigenvalue weighted by Crippen LogP contribution is 2.63. The van der Waals surface area contributed by atoms with Gasteiger partial charge in [-0.3, -0.25) is 0 Å². The van der Waals surface area contributed by atoms with Gasteiger partial charge in [-0.1, -0.05) is 194 Å². The van der Waals surface area contributed by atoms with E-state index < -0.39 is 0 Å². The Hall–Kier alpha value is -7.75. The van der Waals surface area contributed by atoms with Gasteiger partial charge >= 0.3 is 0 Å². The van der Waals surface area contributed by atoms with Gasteiger partial charge < -0.3 is 0 Å². The first-order chi connectivity index (χ1) is 29.2. The van der Waals surface area contributed by atoms with Gasteiger partial charge in [0.25, 0.3) is 0 Å². The van der Waals surface area contributed by atoms with Gasteiger partial charge in [0.2, 0.25) is 0 Å². The second-order valence-corrected chi connectivity index (χ2v) is 15.5. The third-order valence-corrected chi connectivity index (χ3v) is 12.3. The fraction of sp³-hybridized carbons (Fsp3) is 0.0179. The summed E-state index contributed by atoms with van der Waals surface area (Å²) in [6, 6.07) is 76.3. The molecule has 1 heterocycles. The standard InChI is InChI=1S/C56H35N3/c1-3-15-36(16-4-1)38-19-13-20-42(34-38)54-57-53(37-17-5-2-6-18-37)58-55(59-54)43-32-30-39-33-41(31-29-40(39)35-43)44-24-14-28-51-52(44)47-23-9-12-27-50(47)56(51)48-25-10-7-21-45(48)46-22-8-11-26-49(46)56/h1-35H. The topological polar surface area (TPSA) is 38.7 Å². The Bertz CT molecular complexity index is 3230. The van der Waals surface area contributed by atoms with Gasteiger partial charge in [0.1, 0.15) is 0 Å². The molecule has 0 aliphatic heterocycles. The van der Waals surface area contributed by atoms with Crippen LogP contribution < -0.4 is 0 Å². The van der Waals surface area contributed by atoms with Gasteiger partial charge in [0, 0.05) is 16.7 Å². The normalized spacial score (nSPS) is 12.9. The summed E-state index contributed by atoms with van der Waals surface area (Å²) < 4.78 is 0. The molecule has 0 N–H and O–H groups in total. The number of aromatic nitrogens is 3. The lowest BCUT2D eigenvalue weighted by molar-refractivity contribution is 0.794. The van der Waals surface area contributed by atoms with Crippen molar-refractivity contribution >= 4 is 10.8 Å². The van der Waals surface area contributed by atoms with Crippen LogP contribution in [-0.2, 0) is 5.41 Å². The molecule has 0 saturated heterocycles. The van der Waals surface area contributed by atoms with E-state index in [4.69, 9.17) is 15.0 Å². The molecule has 3 nitrogen and oxygen atoms in total. The number of fused-ring (bicyclic) bond motifs is 11. The first-order valence-corrected chi connectivity index (χ1v) is 20.2. The molecule has 0 bridgehead atoms. The van der Waals surface area contributed by atoms with Crippen molar-refractivity contribution in [2.24, 2.45) is 0 Å². The SMILES string of the molecule is c1ccc(-c2cccc(-c3nc(-c4ccccc4)nc(-c4ccc5cc(-c6cccc7c6-c6ccccc6C76c7ccccc7-c7ccccc76)ccc5c4)n3)c2)cc1. The van der Waals surface area contributed by atoms with Gasteiger partial charge in [-0.15, -0.1) is 0 Å². The number of benzene rings is 9. The zero-order valence-electron chi connectivity index (χ0n) is 32.0. The Balaban J connectivity index is 0.979. The number of nitrogens with zero attached hydrogens (tertiary/aromatic N) is 3. The smallest absolute Gasteiger partial charge is 0.164 e. The summed E-state index contributed by atoms with van der Waals surface area (Å²) in [4.78, 5) is 15.2. The number of rotatable bonds is 5. The van der Waals surface area contributed by atoms with E-state index in [2.05, 4.69) is 188 Å². The highest BCUT2D eigenvalue weighted by atomic mass is 15.0. The van der Waals surface area contributed by atoms with Crippen LogP contribution in [0.25, 0.3) is 89.4 Å². The Kier molecular flexibility index (Phi) is 7.45. The highest BCUT2D eigenvalue weighted by Gasteiger charge is 2.51. The minimum atomic E-state index is -0.369. The Morgan fingerprint density at radius 3 is 1.34 bits per heavy atom. The van der Waals surface area contributed by atoms with Crippen LogP contribution in [0.2, 0.25) is 0 Å². The lowest BCUT2D eigenvalue weighted by atomic mass is 9.70. The van der Waals surface area contributed by atoms with Crippen molar-refractivity contribution in [3.8, 4) is 78.7 Å². The highest BCUT2D eigenvalue weighted by molar-refractivity contribution is 6.01. The van der Waals surface area contributed by atoms with Crippen LogP contribution in [0.5, 0.6) is 0 Å². The maximum atomic E-state index is 5.11. The van der Waals surface area contributed by atoms with E-state index in [1.54, 1.807) is 0 Å². The zero-order valence-corrected chi connectivity index (χ0v) is 32.0. The Labute approximate surface area is 343 Å². The fourth-order valence-electron chi connectivity index (χ4n) is 9.76. The van der Waals surface area contributed by atoms with Crippen LogP contribution in [0.1, 0.15) is 22.3 Å². The molecule has 0 amide bonds. The van der Waals surface area contributed by atoms with Crippen LogP contribution in [0.15, 0.2) is 212 Å². The molecular weight excluding hydrogens is 715 g/mol. The molecule has 12 rings (SSSR count). The second kappa shape index (κ2) is 13.2. The zero-order chi connectivity index (χ0) is 38.9.